The second-order valence-electron chi connectivity index (χ2n) is 3.23. The molecule has 80 valence electrons. The summed E-state index contributed by atoms with van der Waals surface area (Å²) in [5.41, 5.74) is 6.69. The first-order chi connectivity index (χ1) is 7.83. The average molecular weight is 214 g/mol. The highest BCUT2D eigenvalue weighted by Gasteiger charge is 2.08. The van der Waals surface area contributed by atoms with Crippen molar-refractivity contribution in [3.8, 4) is 17.5 Å². The third-order valence-electron chi connectivity index (χ3n) is 2.06. The van der Waals surface area contributed by atoms with Crippen LogP contribution in [0, 0.1) is 11.3 Å². The van der Waals surface area contributed by atoms with Crippen LogP contribution in [0.3, 0.4) is 0 Å². The predicted octanol–water partition coefficient (Wildman–Crippen LogP) is 1.11. The van der Waals surface area contributed by atoms with Gasteiger partial charge >= 0.3 is 0 Å². The van der Waals surface area contributed by atoms with Gasteiger partial charge in [0, 0.05) is 18.5 Å². The van der Waals surface area contributed by atoms with E-state index in [0.29, 0.717) is 30.3 Å². The standard InChI is InChI=1S/C11H10N4O/c12-5-4-10-14-15-11(16-10)9-3-1-2-8(6-9)7-13/h1-3,6H,4-5,12H2. The van der Waals surface area contributed by atoms with Gasteiger partial charge in [-0.3, -0.25) is 0 Å². The van der Waals surface area contributed by atoms with E-state index in [-0.39, 0.29) is 0 Å². The van der Waals surface area contributed by atoms with E-state index < -0.39 is 0 Å². The molecule has 0 saturated carbocycles. The summed E-state index contributed by atoms with van der Waals surface area (Å²) in [6.07, 6.45) is 0.560. The van der Waals surface area contributed by atoms with Gasteiger partial charge in [0.15, 0.2) is 0 Å². The molecule has 2 rings (SSSR count). The van der Waals surface area contributed by atoms with Crippen LogP contribution in [-0.4, -0.2) is 16.7 Å². The Kier molecular flexibility index (Phi) is 2.94. The van der Waals surface area contributed by atoms with Crippen molar-refractivity contribution in [2.45, 2.75) is 6.42 Å². The molecule has 0 atom stereocenters. The third kappa shape index (κ3) is 2.07. The molecule has 0 radical (unpaired) electrons. The fourth-order valence-corrected chi connectivity index (χ4v) is 1.32. The minimum Gasteiger partial charge on any atom is -0.421 e. The van der Waals surface area contributed by atoms with E-state index >= 15 is 0 Å². The summed E-state index contributed by atoms with van der Waals surface area (Å²) in [6.45, 7) is 0.472. The number of nitriles is 1. The zero-order chi connectivity index (χ0) is 11.4. The van der Waals surface area contributed by atoms with Crippen molar-refractivity contribution in [2.24, 2.45) is 5.73 Å². The Morgan fingerprint density at radius 3 is 3.00 bits per heavy atom. The van der Waals surface area contributed by atoms with E-state index in [2.05, 4.69) is 16.3 Å². The molecular formula is C11H10N4O. The number of hydrogen-bond donors (Lipinski definition) is 1. The molecule has 0 aliphatic carbocycles. The van der Waals surface area contributed by atoms with Crippen LogP contribution in [0.4, 0.5) is 0 Å². The molecule has 0 aliphatic heterocycles. The van der Waals surface area contributed by atoms with Crippen molar-refractivity contribution in [3.05, 3.63) is 35.7 Å². The molecule has 16 heavy (non-hydrogen) atoms. The van der Waals surface area contributed by atoms with E-state index in [1.165, 1.54) is 0 Å². The molecule has 0 amide bonds. The lowest BCUT2D eigenvalue weighted by Crippen LogP contribution is -2.02. The Balaban J connectivity index is 2.32. The van der Waals surface area contributed by atoms with E-state index in [4.69, 9.17) is 15.4 Å². The lowest BCUT2D eigenvalue weighted by molar-refractivity contribution is 0.507. The molecule has 0 aliphatic rings. The van der Waals surface area contributed by atoms with Gasteiger partial charge in [0.25, 0.3) is 0 Å². The predicted molar refractivity (Wildman–Crippen MR) is 57.2 cm³/mol. The minimum absolute atomic E-state index is 0.417. The molecule has 2 aromatic rings. The Bertz CT molecular complexity index is 527. The molecule has 0 saturated heterocycles. The topological polar surface area (TPSA) is 88.7 Å². The van der Waals surface area contributed by atoms with Crippen molar-refractivity contribution in [2.75, 3.05) is 6.54 Å². The quantitative estimate of drug-likeness (QED) is 0.826. The molecule has 0 spiro atoms. The molecule has 0 bridgehead atoms. The van der Waals surface area contributed by atoms with Gasteiger partial charge in [0.2, 0.25) is 11.8 Å². The SMILES string of the molecule is N#Cc1cccc(-c2nnc(CCN)o2)c1. The molecule has 1 aromatic heterocycles. The van der Waals surface area contributed by atoms with Gasteiger partial charge in [-0.25, -0.2) is 0 Å². The van der Waals surface area contributed by atoms with Crippen LogP contribution in [0.1, 0.15) is 11.5 Å². The first kappa shape index (κ1) is 10.3. The van der Waals surface area contributed by atoms with Crippen LogP contribution in [0.5, 0.6) is 0 Å². The van der Waals surface area contributed by atoms with Crippen molar-refractivity contribution in [3.63, 3.8) is 0 Å². The second-order valence-corrected chi connectivity index (χ2v) is 3.23. The molecule has 2 N–H and O–H groups in total. The molecule has 1 heterocycles. The van der Waals surface area contributed by atoms with Gasteiger partial charge < -0.3 is 10.2 Å². The van der Waals surface area contributed by atoms with Crippen molar-refractivity contribution < 1.29 is 4.42 Å². The third-order valence-corrected chi connectivity index (χ3v) is 2.06. The van der Waals surface area contributed by atoms with E-state index in [0.717, 1.165) is 5.56 Å². The minimum atomic E-state index is 0.417. The Labute approximate surface area is 92.5 Å². The van der Waals surface area contributed by atoms with Crippen LogP contribution in [-0.2, 0) is 6.42 Å². The molecule has 0 fully saturated rings. The number of rotatable bonds is 3. The fraction of sp³-hybridized carbons (Fsp3) is 0.182. The highest BCUT2D eigenvalue weighted by molar-refractivity contribution is 5.55. The monoisotopic (exact) mass is 214 g/mol. The maximum atomic E-state index is 8.77. The number of benzene rings is 1. The highest BCUT2D eigenvalue weighted by Crippen LogP contribution is 2.18. The van der Waals surface area contributed by atoms with E-state index in [9.17, 15) is 0 Å². The summed E-state index contributed by atoms with van der Waals surface area (Å²) >= 11 is 0. The maximum absolute atomic E-state index is 8.77. The summed E-state index contributed by atoms with van der Waals surface area (Å²) < 4.78 is 5.40. The van der Waals surface area contributed by atoms with Gasteiger partial charge in [0.1, 0.15) is 0 Å². The highest BCUT2D eigenvalue weighted by atomic mass is 16.4. The zero-order valence-electron chi connectivity index (χ0n) is 8.55. The average Bonchev–Trinajstić information content (AvgIpc) is 2.78. The van der Waals surface area contributed by atoms with Crippen molar-refractivity contribution in [1.29, 1.82) is 5.26 Å². The zero-order valence-corrected chi connectivity index (χ0v) is 8.55. The normalized spacial score (nSPS) is 10.0. The largest absolute Gasteiger partial charge is 0.421 e. The summed E-state index contributed by atoms with van der Waals surface area (Å²) in [6, 6.07) is 9.09. The van der Waals surface area contributed by atoms with Crippen LogP contribution in [0.25, 0.3) is 11.5 Å². The number of nitrogens with zero attached hydrogens (tertiary/aromatic N) is 3. The lowest BCUT2D eigenvalue weighted by Gasteiger charge is -1.94. The van der Waals surface area contributed by atoms with E-state index in [1.807, 2.05) is 6.07 Å². The first-order valence-electron chi connectivity index (χ1n) is 4.86. The van der Waals surface area contributed by atoms with Gasteiger partial charge in [-0.2, -0.15) is 5.26 Å². The number of aromatic nitrogens is 2. The Hall–Kier alpha value is -2.19. The summed E-state index contributed by atoms with van der Waals surface area (Å²) in [4.78, 5) is 0. The van der Waals surface area contributed by atoms with Gasteiger partial charge in [0.05, 0.1) is 11.6 Å². The lowest BCUT2D eigenvalue weighted by atomic mass is 10.1. The molecular weight excluding hydrogens is 204 g/mol. The molecule has 5 nitrogen and oxygen atoms in total. The summed E-state index contributed by atoms with van der Waals surface area (Å²) in [5.74, 6) is 0.931. The first-order valence-corrected chi connectivity index (χ1v) is 4.86. The van der Waals surface area contributed by atoms with Crippen LogP contribution < -0.4 is 5.73 Å². The second kappa shape index (κ2) is 4.55. The maximum Gasteiger partial charge on any atom is 0.247 e. The van der Waals surface area contributed by atoms with Crippen molar-refractivity contribution in [1.82, 2.24) is 10.2 Å². The molecule has 0 unspecified atom stereocenters. The van der Waals surface area contributed by atoms with Crippen LogP contribution >= 0.6 is 0 Å². The van der Waals surface area contributed by atoms with Gasteiger partial charge in [-0.05, 0) is 18.2 Å². The summed E-state index contributed by atoms with van der Waals surface area (Å²) in [7, 11) is 0. The number of hydrogen-bond acceptors (Lipinski definition) is 5. The van der Waals surface area contributed by atoms with Gasteiger partial charge in [-0.15, -0.1) is 10.2 Å². The Morgan fingerprint density at radius 2 is 2.25 bits per heavy atom. The summed E-state index contributed by atoms with van der Waals surface area (Å²) in [5, 5.41) is 16.5. The van der Waals surface area contributed by atoms with Crippen LogP contribution in [0.2, 0.25) is 0 Å². The smallest absolute Gasteiger partial charge is 0.247 e. The number of nitrogens with two attached hydrogens (primary N) is 1. The molecule has 5 heteroatoms. The van der Waals surface area contributed by atoms with Crippen LogP contribution in [0.15, 0.2) is 28.7 Å². The van der Waals surface area contributed by atoms with Gasteiger partial charge in [-0.1, -0.05) is 6.07 Å². The van der Waals surface area contributed by atoms with E-state index in [1.54, 1.807) is 18.2 Å². The fourth-order valence-electron chi connectivity index (χ4n) is 1.32. The Morgan fingerprint density at radius 1 is 1.38 bits per heavy atom. The molecule has 1 aromatic carbocycles. The van der Waals surface area contributed by atoms with Crippen molar-refractivity contribution >= 4 is 0 Å².